The smallest absolute Gasteiger partial charge is 0.125 e. The molecule has 1 aromatic carbocycles. The monoisotopic (exact) mass is 206 g/mol. The molecule has 82 valence electrons. The lowest BCUT2D eigenvalue weighted by Crippen LogP contribution is -2.05. The molecule has 2 N–H and O–H groups in total. The number of rotatable bonds is 1. The molecule has 0 amide bonds. The van der Waals surface area contributed by atoms with Gasteiger partial charge < -0.3 is 10.2 Å². The lowest BCUT2D eigenvalue weighted by Gasteiger charge is -2.24. The van der Waals surface area contributed by atoms with Crippen LogP contribution in [0.2, 0.25) is 0 Å². The van der Waals surface area contributed by atoms with Crippen molar-refractivity contribution in [1.29, 1.82) is 0 Å². The molecule has 2 nitrogen and oxygen atoms in total. The van der Waals surface area contributed by atoms with E-state index in [2.05, 4.69) is 0 Å². The Hall–Kier alpha value is -1.18. The second-order valence-electron chi connectivity index (χ2n) is 4.50. The van der Waals surface area contributed by atoms with Gasteiger partial charge in [-0.1, -0.05) is 25.3 Å². The van der Waals surface area contributed by atoms with Gasteiger partial charge in [-0.2, -0.15) is 0 Å². The molecule has 0 heterocycles. The predicted octanol–water partition coefficient (Wildman–Crippen LogP) is 3.45. The second kappa shape index (κ2) is 4.13. The van der Waals surface area contributed by atoms with Gasteiger partial charge in [0.1, 0.15) is 11.5 Å². The third kappa shape index (κ3) is 1.94. The van der Waals surface area contributed by atoms with Crippen LogP contribution < -0.4 is 0 Å². The van der Waals surface area contributed by atoms with E-state index >= 15 is 0 Å². The van der Waals surface area contributed by atoms with Crippen LogP contribution in [0, 0.1) is 6.92 Å². The van der Waals surface area contributed by atoms with Crippen LogP contribution >= 0.6 is 0 Å². The van der Waals surface area contributed by atoms with Crippen LogP contribution in [-0.2, 0) is 0 Å². The van der Waals surface area contributed by atoms with Crippen molar-refractivity contribution in [2.24, 2.45) is 0 Å². The number of phenols is 2. The third-order valence-electron chi connectivity index (χ3n) is 3.41. The van der Waals surface area contributed by atoms with Gasteiger partial charge in [-0.25, -0.2) is 0 Å². The molecule has 2 heteroatoms. The molecule has 0 aliphatic heterocycles. The zero-order valence-corrected chi connectivity index (χ0v) is 9.16. The number of aryl methyl sites for hydroxylation is 1. The van der Waals surface area contributed by atoms with E-state index in [1.54, 1.807) is 12.1 Å². The van der Waals surface area contributed by atoms with E-state index in [4.69, 9.17) is 0 Å². The van der Waals surface area contributed by atoms with Gasteiger partial charge in [0.05, 0.1) is 0 Å². The molecule has 1 aromatic rings. The summed E-state index contributed by atoms with van der Waals surface area (Å²) in [6.07, 6.45) is 5.87. The van der Waals surface area contributed by atoms with Crippen LogP contribution in [-0.4, -0.2) is 10.2 Å². The summed E-state index contributed by atoms with van der Waals surface area (Å²) in [5.74, 6) is 0.894. The standard InChI is InChI=1S/C13H18O2/c1-9-7-8-11(14)12(13(9)15)10-5-3-2-4-6-10/h7-8,10,14-15H,2-6H2,1H3. The van der Waals surface area contributed by atoms with Crippen LogP contribution in [0.25, 0.3) is 0 Å². The molecule has 0 radical (unpaired) electrons. The molecule has 0 unspecified atom stereocenters. The maximum atomic E-state index is 9.97. The Bertz CT molecular complexity index is 352. The molecule has 1 saturated carbocycles. The van der Waals surface area contributed by atoms with Gasteiger partial charge in [-0.05, 0) is 37.3 Å². The summed E-state index contributed by atoms with van der Waals surface area (Å²) >= 11 is 0. The summed E-state index contributed by atoms with van der Waals surface area (Å²) in [5, 5.41) is 19.8. The Kier molecular flexibility index (Phi) is 2.85. The van der Waals surface area contributed by atoms with Gasteiger partial charge in [0, 0.05) is 5.56 Å². The first kappa shape index (κ1) is 10.3. The molecular formula is C13H18O2. The number of aromatic hydroxyl groups is 2. The fraction of sp³-hybridized carbons (Fsp3) is 0.538. The summed E-state index contributed by atoms with van der Waals surface area (Å²) in [7, 11) is 0. The van der Waals surface area contributed by atoms with E-state index in [-0.39, 0.29) is 5.75 Å². The summed E-state index contributed by atoms with van der Waals surface area (Å²) in [5.41, 5.74) is 1.63. The van der Waals surface area contributed by atoms with Gasteiger partial charge >= 0.3 is 0 Å². The number of phenolic OH excluding ortho intramolecular Hbond substituents is 2. The molecule has 0 bridgehead atoms. The highest BCUT2D eigenvalue weighted by atomic mass is 16.3. The van der Waals surface area contributed by atoms with E-state index in [0.29, 0.717) is 11.7 Å². The average molecular weight is 206 g/mol. The first-order chi connectivity index (χ1) is 7.20. The predicted molar refractivity (Wildman–Crippen MR) is 60.3 cm³/mol. The van der Waals surface area contributed by atoms with Crippen molar-refractivity contribution < 1.29 is 10.2 Å². The second-order valence-corrected chi connectivity index (χ2v) is 4.50. The topological polar surface area (TPSA) is 40.5 Å². The summed E-state index contributed by atoms with van der Waals surface area (Å²) < 4.78 is 0. The van der Waals surface area contributed by atoms with Crippen LogP contribution in [0.4, 0.5) is 0 Å². The van der Waals surface area contributed by atoms with Gasteiger partial charge in [0.2, 0.25) is 0 Å². The molecule has 0 spiro atoms. The number of hydrogen-bond acceptors (Lipinski definition) is 2. The minimum Gasteiger partial charge on any atom is -0.508 e. The third-order valence-corrected chi connectivity index (χ3v) is 3.41. The van der Waals surface area contributed by atoms with Gasteiger partial charge in [-0.3, -0.25) is 0 Å². The SMILES string of the molecule is Cc1ccc(O)c(C2CCCCC2)c1O. The average Bonchev–Trinajstić information content (AvgIpc) is 2.26. The Labute approximate surface area is 90.6 Å². The van der Waals surface area contributed by atoms with E-state index in [9.17, 15) is 10.2 Å². The zero-order chi connectivity index (χ0) is 10.8. The first-order valence-corrected chi connectivity index (χ1v) is 5.71. The molecule has 0 atom stereocenters. The lowest BCUT2D eigenvalue weighted by molar-refractivity contribution is 0.388. The maximum absolute atomic E-state index is 9.97. The highest BCUT2D eigenvalue weighted by Gasteiger charge is 2.22. The number of benzene rings is 1. The normalized spacial score (nSPS) is 17.9. The summed E-state index contributed by atoms with van der Waals surface area (Å²) in [4.78, 5) is 0. The van der Waals surface area contributed by atoms with E-state index in [1.165, 1.54) is 19.3 Å². The molecule has 1 aliphatic rings. The van der Waals surface area contributed by atoms with E-state index in [0.717, 1.165) is 24.0 Å². The fourth-order valence-corrected chi connectivity index (χ4v) is 2.50. The van der Waals surface area contributed by atoms with Crippen molar-refractivity contribution in [1.82, 2.24) is 0 Å². The number of hydrogen-bond donors (Lipinski definition) is 2. The minimum atomic E-state index is 0.255. The molecule has 0 aromatic heterocycles. The Morgan fingerprint density at radius 2 is 1.73 bits per heavy atom. The minimum absolute atomic E-state index is 0.255. The highest BCUT2D eigenvalue weighted by Crippen LogP contribution is 2.42. The van der Waals surface area contributed by atoms with E-state index < -0.39 is 0 Å². The molecule has 1 fully saturated rings. The Morgan fingerprint density at radius 3 is 2.40 bits per heavy atom. The van der Waals surface area contributed by atoms with Gasteiger partial charge in [0.15, 0.2) is 0 Å². The molecule has 15 heavy (non-hydrogen) atoms. The molecular weight excluding hydrogens is 188 g/mol. The quantitative estimate of drug-likeness (QED) is 0.738. The highest BCUT2D eigenvalue weighted by molar-refractivity contribution is 5.50. The van der Waals surface area contributed by atoms with Crippen LogP contribution in [0.5, 0.6) is 11.5 Å². The van der Waals surface area contributed by atoms with Crippen molar-refractivity contribution in [3.8, 4) is 11.5 Å². The van der Waals surface area contributed by atoms with Crippen molar-refractivity contribution >= 4 is 0 Å². The summed E-state index contributed by atoms with van der Waals surface area (Å²) in [6.45, 7) is 1.88. The Balaban J connectivity index is 2.36. The first-order valence-electron chi connectivity index (χ1n) is 5.71. The van der Waals surface area contributed by atoms with Crippen molar-refractivity contribution in [3.05, 3.63) is 23.3 Å². The Morgan fingerprint density at radius 1 is 1.07 bits per heavy atom. The zero-order valence-electron chi connectivity index (χ0n) is 9.16. The van der Waals surface area contributed by atoms with Gasteiger partial charge in [-0.15, -0.1) is 0 Å². The van der Waals surface area contributed by atoms with Crippen LogP contribution in [0.3, 0.4) is 0 Å². The van der Waals surface area contributed by atoms with Crippen LogP contribution in [0.1, 0.15) is 49.1 Å². The summed E-state index contributed by atoms with van der Waals surface area (Å²) in [6, 6.07) is 3.45. The van der Waals surface area contributed by atoms with Crippen molar-refractivity contribution in [2.75, 3.05) is 0 Å². The molecule has 2 rings (SSSR count). The van der Waals surface area contributed by atoms with E-state index in [1.807, 2.05) is 6.92 Å². The fourth-order valence-electron chi connectivity index (χ4n) is 2.50. The molecule has 0 saturated heterocycles. The van der Waals surface area contributed by atoms with Crippen LogP contribution in [0.15, 0.2) is 12.1 Å². The largest absolute Gasteiger partial charge is 0.508 e. The van der Waals surface area contributed by atoms with Gasteiger partial charge in [0.25, 0.3) is 0 Å². The van der Waals surface area contributed by atoms with Crippen molar-refractivity contribution in [2.45, 2.75) is 44.9 Å². The molecule has 1 aliphatic carbocycles. The van der Waals surface area contributed by atoms with Crippen molar-refractivity contribution in [3.63, 3.8) is 0 Å². The maximum Gasteiger partial charge on any atom is 0.125 e. The lowest BCUT2D eigenvalue weighted by atomic mass is 9.82.